The summed E-state index contributed by atoms with van der Waals surface area (Å²) in [6.07, 6.45) is 0.0273. The lowest BCUT2D eigenvalue weighted by Gasteiger charge is -2.60. The molecule has 3 aliphatic carbocycles. The highest BCUT2D eigenvalue weighted by atomic mass is 16.6. The highest BCUT2D eigenvalue weighted by Gasteiger charge is 2.64. The van der Waals surface area contributed by atoms with Crippen molar-refractivity contribution in [1.82, 2.24) is 0 Å². The van der Waals surface area contributed by atoms with E-state index >= 15 is 0 Å². The van der Waals surface area contributed by atoms with Gasteiger partial charge < -0.3 is 19.3 Å². The van der Waals surface area contributed by atoms with Gasteiger partial charge in [-0.15, -0.1) is 0 Å². The van der Waals surface area contributed by atoms with E-state index in [2.05, 4.69) is 13.8 Å². The van der Waals surface area contributed by atoms with E-state index in [1.165, 1.54) is 6.92 Å². The number of aliphatic hydroxyl groups is 1. The van der Waals surface area contributed by atoms with Gasteiger partial charge in [-0.3, -0.25) is 14.4 Å². The van der Waals surface area contributed by atoms with E-state index in [4.69, 9.17) is 14.2 Å². The Morgan fingerprint density at radius 3 is 2.42 bits per heavy atom. The molecule has 0 amide bonds. The Hall–Kier alpha value is -2.51. The lowest BCUT2D eigenvalue weighted by Crippen LogP contribution is -2.66. The molecule has 1 N–H and O–H groups in total. The van der Waals surface area contributed by atoms with Gasteiger partial charge in [-0.05, 0) is 67.1 Å². The van der Waals surface area contributed by atoms with E-state index in [0.29, 0.717) is 37.9 Å². The van der Waals surface area contributed by atoms with Crippen LogP contribution in [-0.2, 0) is 35.0 Å². The van der Waals surface area contributed by atoms with Crippen molar-refractivity contribution < 1.29 is 33.7 Å². The first-order valence-electron chi connectivity index (χ1n) is 13.9. The monoisotopic (exact) mass is 524 g/mol. The van der Waals surface area contributed by atoms with Crippen LogP contribution in [0.4, 0.5) is 0 Å². The second-order valence-electron chi connectivity index (χ2n) is 12.5. The molecule has 38 heavy (non-hydrogen) atoms. The largest absolute Gasteiger partial charge is 0.458 e. The van der Waals surface area contributed by atoms with Gasteiger partial charge in [-0.25, -0.2) is 0 Å². The number of fused-ring (bicyclic) bond motifs is 5. The zero-order valence-electron chi connectivity index (χ0n) is 23.1. The Labute approximate surface area is 224 Å². The van der Waals surface area contributed by atoms with Crippen molar-refractivity contribution in [3.63, 3.8) is 0 Å². The fourth-order valence-corrected chi connectivity index (χ4v) is 7.70. The zero-order chi connectivity index (χ0) is 27.4. The second-order valence-corrected chi connectivity index (χ2v) is 12.5. The highest BCUT2D eigenvalue weighted by Crippen LogP contribution is 2.60. The Morgan fingerprint density at radius 2 is 1.79 bits per heavy atom. The normalized spacial score (nSPS) is 37.6. The molecule has 1 aromatic carbocycles. The molecule has 0 radical (unpaired) electrons. The molecule has 7 heteroatoms. The molecule has 1 heterocycles. The molecule has 4 aliphatic rings. The summed E-state index contributed by atoms with van der Waals surface area (Å²) in [7, 11) is 0. The van der Waals surface area contributed by atoms with Gasteiger partial charge in [0.2, 0.25) is 0 Å². The minimum Gasteiger partial charge on any atom is -0.458 e. The molecular weight excluding hydrogens is 484 g/mol. The predicted molar refractivity (Wildman–Crippen MR) is 140 cm³/mol. The minimum absolute atomic E-state index is 0.0578. The molecule has 1 aliphatic heterocycles. The maximum Gasteiger partial charge on any atom is 0.306 e. The average Bonchev–Trinajstić information content (AvgIpc) is 2.85. The first-order valence-corrected chi connectivity index (χ1v) is 13.9. The van der Waals surface area contributed by atoms with Gasteiger partial charge >= 0.3 is 11.9 Å². The van der Waals surface area contributed by atoms with Crippen molar-refractivity contribution in [3.05, 3.63) is 47.0 Å². The number of aliphatic hydroxyl groups excluding tert-OH is 1. The van der Waals surface area contributed by atoms with Crippen LogP contribution in [0.1, 0.15) is 65.9 Å². The quantitative estimate of drug-likeness (QED) is 0.455. The predicted octanol–water partition coefficient (Wildman–Crippen LogP) is 4.20. The first-order chi connectivity index (χ1) is 17.9. The summed E-state index contributed by atoms with van der Waals surface area (Å²) >= 11 is 0. The molecule has 5 rings (SSSR count). The van der Waals surface area contributed by atoms with E-state index in [-0.39, 0.29) is 42.0 Å². The molecule has 1 aromatic rings. The summed E-state index contributed by atoms with van der Waals surface area (Å²) in [6, 6.07) is 9.83. The number of ether oxygens (including phenoxy) is 3. The van der Waals surface area contributed by atoms with E-state index < -0.39 is 35.1 Å². The maximum atomic E-state index is 14.4. The summed E-state index contributed by atoms with van der Waals surface area (Å²) in [5, 5.41) is 11.3. The van der Waals surface area contributed by atoms with Crippen LogP contribution in [0.2, 0.25) is 0 Å². The van der Waals surface area contributed by atoms with Crippen LogP contribution in [-0.4, -0.2) is 53.9 Å². The number of carbonyl (C=O) groups excluding carboxylic acids is 3. The molecule has 0 spiro atoms. The van der Waals surface area contributed by atoms with Gasteiger partial charge in [0.05, 0.1) is 24.2 Å². The van der Waals surface area contributed by atoms with Gasteiger partial charge in [0.25, 0.3) is 0 Å². The smallest absolute Gasteiger partial charge is 0.306 e. The Bertz CT molecular complexity index is 1140. The third-order valence-corrected chi connectivity index (χ3v) is 10.1. The van der Waals surface area contributed by atoms with Crippen LogP contribution in [0.25, 0.3) is 0 Å². The third kappa shape index (κ3) is 4.41. The molecule has 7 unspecified atom stereocenters. The van der Waals surface area contributed by atoms with Crippen molar-refractivity contribution in [3.8, 4) is 0 Å². The number of rotatable bonds is 5. The van der Waals surface area contributed by atoms with Crippen LogP contribution in [0.15, 0.2) is 41.5 Å². The van der Waals surface area contributed by atoms with Crippen molar-refractivity contribution in [1.29, 1.82) is 0 Å². The van der Waals surface area contributed by atoms with Gasteiger partial charge in [0, 0.05) is 25.7 Å². The van der Waals surface area contributed by atoms with E-state index in [0.717, 1.165) is 11.1 Å². The summed E-state index contributed by atoms with van der Waals surface area (Å²) in [4.78, 5) is 39.7. The van der Waals surface area contributed by atoms with Gasteiger partial charge in [0.15, 0.2) is 11.9 Å². The maximum absolute atomic E-state index is 14.4. The van der Waals surface area contributed by atoms with Crippen LogP contribution in [0.5, 0.6) is 0 Å². The van der Waals surface area contributed by atoms with Crippen molar-refractivity contribution in [2.75, 3.05) is 6.61 Å². The lowest BCUT2D eigenvalue weighted by molar-refractivity contribution is -0.231. The number of aryl methyl sites for hydroxylation is 1. The Balaban J connectivity index is 1.51. The molecule has 8 atom stereocenters. The molecule has 1 saturated heterocycles. The van der Waals surface area contributed by atoms with Gasteiger partial charge in [0.1, 0.15) is 6.10 Å². The average molecular weight is 525 g/mol. The standard InChI is InChI=1S/C31H40O7/c1-17-23(38-26(34)12-11-19-9-7-6-8-10-19)14-20-13-22-21-16-36-24(21)15-25(33)31(22,5)29(35)28(37-18(2)32)27(17)30(20,3)4/h6-10,20-25,28,33H,11-16H2,1-5H3/t20?,21?,22?,23-,24?,25?,28?,31?/m0/s1. The molecule has 2 saturated carbocycles. The minimum atomic E-state index is -1.13. The summed E-state index contributed by atoms with van der Waals surface area (Å²) in [5.41, 5.74) is 1.05. The van der Waals surface area contributed by atoms with Crippen molar-refractivity contribution in [2.45, 2.75) is 91.1 Å². The Morgan fingerprint density at radius 1 is 1.08 bits per heavy atom. The molecule has 2 bridgehead atoms. The van der Waals surface area contributed by atoms with Gasteiger partial charge in [-0.2, -0.15) is 0 Å². The van der Waals surface area contributed by atoms with Crippen LogP contribution >= 0.6 is 0 Å². The number of Topliss-reactive ketones (excluding diaryl/α,β-unsaturated/α-hetero) is 1. The third-order valence-electron chi connectivity index (χ3n) is 10.1. The fraction of sp³-hybridized carbons (Fsp3) is 0.645. The van der Waals surface area contributed by atoms with Crippen LogP contribution in [0, 0.1) is 28.6 Å². The zero-order valence-corrected chi connectivity index (χ0v) is 23.1. The van der Waals surface area contributed by atoms with Crippen molar-refractivity contribution in [2.24, 2.45) is 28.6 Å². The van der Waals surface area contributed by atoms with E-state index in [1.807, 2.05) is 44.2 Å². The number of hydrogen-bond donors (Lipinski definition) is 1. The molecule has 7 nitrogen and oxygen atoms in total. The van der Waals surface area contributed by atoms with Crippen molar-refractivity contribution >= 4 is 17.7 Å². The van der Waals surface area contributed by atoms with E-state index in [9.17, 15) is 19.5 Å². The van der Waals surface area contributed by atoms with Crippen LogP contribution < -0.4 is 0 Å². The fourth-order valence-electron chi connectivity index (χ4n) is 7.70. The lowest BCUT2D eigenvalue weighted by atomic mass is 9.48. The summed E-state index contributed by atoms with van der Waals surface area (Å²) in [5.74, 6) is -0.971. The van der Waals surface area contributed by atoms with Gasteiger partial charge in [-0.1, -0.05) is 44.2 Å². The second kappa shape index (κ2) is 9.91. The SMILES string of the molecule is CC(=O)OC1C(=O)C2(C)C(O)CC3OCC3C2CC2C[C@H](OC(=O)CCc3ccccc3)C(C)=C1C2(C)C. The summed E-state index contributed by atoms with van der Waals surface area (Å²) in [6.45, 7) is 9.81. The number of ketones is 1. The Kier molecular flexibility index (Phi) is 7.06. The first kappa shape index (κ1) is 27.1. The van der Waals surface area contributed by atoms with Crippen LogP contribution in [0.3, 0.4) is 0 Å². The summed E-state index contributed by atoms with van der Waals surface area (Å²) < 4.78 is 17.6. The number of hydrogen-bond acceptors (Lipinski definition) is 7. The number of esters is 2. The topological polar surface area (TPSA) is 99.1 Å². The number of benzene rings is 1. The molecule has 206 valence electrons. The molecule has 0 aromatic heterocycles. The van der Waals surface area contributed by atoms with E-state index in [1.54, 1.807) is 0 Å². The molecule has 3 fully saturated rings. The highest BCUT2D eigenvalue weighted by molar-refractivity contribution is 5.94. The molecular formula is C31H40O7. The number of carbonyl (C=O) groups is 3.